The molecule has 0 atom stereocenters. The van der Waals surface area contributed by atoms with Crippen molar-refractivity contribution in [1.29, 1.82) is 0 Å². The summed E-state index contributed by atoms with van der Waals surface area (Å²) >= 11 is 0. The van der Waals surface area contributed by atoms with E-state index in [0.29, 0.717) is 31.9 Å². The Hall–Kier alpha value is -1.59. The van der Waals surface area contributed by atoms with Crippen molar-refractivity contribution >= 4 is 5.91 Å². The van der Waals surface area contributed by atoms with Crippen molar-refractivity contribution in [3.8, 4) is 5.75 Å². The predicted octanol–water partition coefficient (Wildman–Crippen LogP) is 1.57. The summed E-state index contributed by atoms with van der Waals surface area (Å²) in [6.07, 6.45) is 1.77. The molecule has 0 fully saturated rings. The van der Waals surface area contributed by atoms with Crippen molar-refractivity contribution < 1.29 is 19.4 Å². The predicted molar refractivity (Wildman–Crippen MR) is 72.4 cm³/mol. The first-order valence-electron chi connectivity index (χ1n) is 6.38. The number of amides is 1. The third-order valence-corrected chi connectivity index (χ3v) is 2.56. The number of phenols is 1. The van der Waals surface area contributed by atoms with Gasteiger partial charge in [-0.2, -0.15) is 0 Å². The lowest BCUT2D eigenvalue weighted by Gasteiger charge is -2.06. The Kier molecular flexibility index (Phi) is 7.62. The number of nitrogens with one attached hydrogen (secondary N) is 1. The molecule has 0 radical (unpaired) electrons. The van der Waals surface area contributed by atoms with Crippen molar-refractivity contribution in [2.45, 2.75) is 12.8 Å². The van der Waals surface area contributed by atoms with Crippen LogP contribution in [0, 0.1) is 0 Å². The Bertz CT molecular complexity index is 364. The number of ether oxygens (including phenoxy) is 2. The minimum Gasteiger partial charge on any atom is -0.508 e. The van der Waals surface area contributed by atoms with Crippen molar-refractivity contribution in [1.82, 2.24) is 5.32 Å². The molecule has 0 saturated carbocycles. The number of aromatic hydroxyl groups is 1. The summed E-state index contributed by atoms with van der Waals surface area (Å²) < 4.78 is 10.2. The largest absolute Gasteiger partial charge is 0.508 e. The number of benzene rings is 1. The second-order valence-electron chi connectivity index (χ2n) is 4.12. The molecule has 0 aromatic heterocycles. The first-order chi connectivity index (χ1) is 9.24. The SMILES string of the molecule is COCCOCCCCNC(=O)c1ccc(O)cc1. The van der Waals surface area contributed by atoms with E-state index in [0.717, 1.165) is 12.8 Å². The van der Waals surface area contributed by atoms with Gasteiger partial charge < -0.3 is 19.9 Å². The Balaban J connectivity index is 2.06. The molecule has 1 amide bonds. The molecule has 5 heteroatoms. The van der Waals surface area contributed by atoms with E-state index in [2.05, 4.69) is 5.32 Å². The van der Waals surface area contributed by atoms with Crippen LogP contribution in [0.25, 0.3) is 0 Å². The van der Waals surface area contributed by atoms with E-state index in [1.165, 1.54) is 12.1 Å². The number of hydrogen-bond acceptors (Lipinski definition) is 4. The molecule has 1 aromatic rings. The van der Waals surface area contributed by atoms with Crippen LogP contribution in [0.15, 0.2) is 24.3 Å². The van der Waals surface area contributed by atoms with Gasteiger partial charge in [0.2, 0.25) is 0 Å². The second-order valence-corrected chi connectivity index (χ2v) is 4.12. The van der Waals surface area contributed by atoms with Crippen LogP contribution < -0.4 is 5.32 Å². The van der Waals surface area contributed by atoms with Gasteiger partial charge in [-0.25, -0.2) is 0 Å². The van der Waals surface area contributed by atoms with E-state index in [4.69, 9.17) is 14.6 Å². The fourth-order valence-electron chi connectivity index (χ4n) is 1.49. The average molecular weight is 267 g/mol. The number of carbonyl (C=O) groups is 1. The Morgan fingerprint density at radius 3 is 2.58 bits per heavy atom. The second kappa shape index (κ2) is 9.35. The standard InChI is InChI=1S/C14H21NO4/c1-18-10-11-19-9-3-2-8-15-14(17)12-4-6-13(16)7-5-12/h4-7,16H,2-3,8-11H2,1H3,(H,15,17). The molecule has 5 nitrogen and oxygen atoms in total. The summed E-state index contributed by atoms with van der Waals surface area (Å²) in [5, 5.41) is 11.9. The van der Waals surface area contributed by atoms with Crippen molar-refractivity contribution in [2.75, 3.05) is 33.5 Å². The minimum absolute atomic E-state index is 0.125. The topological polar surface area (TPSA) is 67.8 Å². The zero-order chi connectivity index (χ0) is 13.9. The van der Waals surface area contributed by atoms with E-state index in [1.807, 2.05) is 0 Å². The molecule has 0 aliphatic carbocycles. The number of hydrogen-bond donors (Lipinski definition) is 2. The number of phenolic OH excluding ortho intramolecular Hbond substituents is 1. The van der Waals surface area contributed by atoms with Crippen LogP contribution in [0.2, 0.25) is 0 Å². The molecule has 0 spiro atoms. The van der Waals surface area contributed by atoms with E-state index in [-0.39, 0.29) is 11.7 Å². The van der Waals surface area contributed by atoms with Gasteiger partial charge in [0.25, 0.3) is 5.91 Å². The highest BCUT2D eigenvalue weighted by molar-refractivity contribution is 5.94. The van der Waals surface area contributed by atoms with Gasteiger partial charge in [-0.15, -0.1) is 0 Å². The van der Waals surface area contributed by atoms with Crippen molar-refractivity contribution in [2.24, 2.45) is 0 Å². The quantitative estimate of drug-likeness (QED) is 0.666. The van der Waals surface area contributed by atoms with Crippen molar-refractivity contribution in [3.63, 3.8) is 0 Å². The highest BCUT2D eigenvalue weighted by atomic mass is 16.5. The van der Waals surface area contributed by atoms with E-state index >= 15 is 0 Å². The third-order valence-electron chi connectivity index (χ3n) is 2.56. The van der Waals surface area contributed by atoms with Crippen LogP contribution in [0.4, 0.5) is 0 Å². The zero-order valence-electron chi connectivity index (χ0n) is 11.2. The first kappa shape index (κ1) is 15.5. The van der Waals surface area contributed by atoms with Gasteiger partial charge in [-0.05, 0) is 37.1 Å². The molecule has 1 rings (SSSR count). The minimum atomic E-state index is -0.125. The van der Waals surface area contributed by atoms with Gasteiger partial charge in [0.1, 0.15) is 5.75 Å². The molecule has 0 aliphatic heterocycles. The molecule has 0 bridgehead atoms. The average Bonchev–Trinajstić information content (AvgIpc) is 2.42. The van der Waals surface area contributed by atoms with Crippen LogP contribution in [0.3, 0.4) is 0 Å². The molecule has 19 heavy (non-hydrogen) atoms. The van der Waals surface area contributed by atoms with Crippen LogP contribution in [0.5, 0.6) is 5.75 Å². The van der Waals surface area contributed by atoms with E-state index in [1.54, 1.807) is 19.2 Å². The smallest absolute Gasteiger partial charge is 0.251 e. The highest BCUT2D eigenvalue weighted by Gasteiger charge is 2.03. The number of carbonyl (C=O) groups excluding carboxylic acids is 1. The van der Waals surface area contributed by atoms with Gasteiger partial charge in [0, 0.05) is 25.8 Å². The third kappa shape index (κ3) is 6.79. The molecule has 1 aromatic carbocycles. The molecule has 0 aliphatic rings. The summed E-state index contributed by atoms with van der Waals surface area (Å²) in [7, 11) is 1.64. The number of rotatable bonds is 9. The van der Waals surface area contributed by atoms with Crippen LogP contribution in [-0.2, 0) is 9.47 Å². The maximum absolute atomic E-state index is 11.7. The van der Waals surface area contributed by atoms with Gasteiger partial charge in [-0.3, -0.25) is 4.79 Å². The molecule has 2 N–H and O–H groups in total. The highest BCUT2D eigenvalue weighted by Crippen LogP contribution is 2.09. The Morgan fingerprint density at radius 2 is 1.89 bits per heavy atom. The Labute approximate surface area is 113 Å². The fourth-order valence-corrected chi connectivity index (χ4v) is 1.49. The maximum atomic E-state index is 11.7. The summed E-state index contributed by atoms with van der Waals surface area (Å²) in [4.78, 5) is 11.7. The molecule has 106 valence electrons. The lowest BCUT2D eigenvalue weighted by atomic mass is 10.2. The maximum Gasteiger partial charge on any atom is 0.251 e. The lowest BCUT2D eigenvalue weighted by molar-refractivity contribution is 0.0686. The molecule has 0 saturated heterocycles. The monoisotopic (exact) mass is 267 g/mol. The molecule has 0 unspecified atom stereocenters. The Morgan fingerprint density at radius 1 is 1.16 bits per heavy atom. The van der Waals surface area contributed by atoms with Crippen molar-refractivity contribution in [3.05, 3.63) is 29.8 Å². The normalized spacial score (nSPS) is 10.4. The summed E-state index contributed by atoms with van der Waals surface area (Å²) in [5.74, 6) is 0.0325. The molecular formula is C14H21NO4. The summed E-state index contributed by atoms with van der Waals surface area (Å²) in [6.45, 7) is 2.51. The first-order valence-corrected chi connectivity index (χ1v) is 6.38. The van der Waals surface area contributed by atoms with Crippen LogP contribution in [-0.4, -0.2) is 44.5 Å². The van der Waals surface area contributed by atoms with Gasteiger partial charge in [-0.1, -0.05) is 0 Å². The number of methoxy groups -OCH3 is 1. The van der Waals surface area contributed by atoms with E-state index < -0.39 is 0 Å². The summed E-state index contributed by atoms with van der Waals surface area (Å²) in [6, 6.07) is 6.19. The molecular weight excluding hydrogens is 246 g/mol. The fraction of sp³-hybridized carbons (Fsp3) is 0.500. The number of unbranched alkanes of at least 4 members (excludes halogenated alkanes) is 1. The molecule has 0 heterocycles. The summed E-state index contributed by atoms with van der Waals surface area (Å²) in [5.41, 5.74) is 0.550. The van der Waals surface area contributed by atoms with Gasteiger partial charge in [0.15, 0.2) is 0 Å². The lowest BCUT2D eigenvalue weighted by Crippen LogP contribution is -2.24. The van der Waals surface area contributed by atoms with Crippen LogP contribution in [0.1, 0.15) is 23.2 Å². The van der Waals surface area contributed by atoms with Gasteiger partial charge >= 0.3 is 0 Å². The zero-order valence-corrected chi connectivity index (χ0v) is 11.2. The van der Waals surface area contributed by atoms with Crippen LogP contribution >= 0.6 is 0 Å². The van der Waals surface area contributed by atoms with Gasteiger partial charge in [0.05, 0.1) is 13.2 Å². The van der Waals surface area contributed by atoms with E-state index in [9.17, 15) is 4.79 Å².